The average molecular weight is 323 g/mol. The maximum atomic E-state index is 12.4. The van der Waals surface area contributed by atoms with Crippen LogP contribution in [-0.4, -0.2) is 43.6 Å². The van der Waals surface area contributed by atoms with Gasteiger partial charge in [0.1, 0.15) is 0 Å². The van der Waals surface area contributed by atoms with Crippen LogP contribution in [0.3, 0.4) is 0 Å². The molecule has 0 atom stereocenters. The Kier molecular flexibility index (Phi) is 6.49. The number of aliphatic imine (C=N–C) groups is 1. The summed E-state index contributed by atoms with van der Waals surface area (Å²) in [5.41, 5.74) is 1.23. The molecule has 22 heavy (non-hydrogen) atoms. The van der Waals surface area contributed by atoms with E-state index in [2.05, 4.69) is 22.0 Å². The number of allylic oxidation sites excluding steroid dienone is 3. The van der Waals surface area contributed by atoms with Crippen LogP contribution in [0, 0.1) is 5.92 Å². The van der Waals surface area contributed by atoms with Crippen molar-refractivity contribution in [2.75, 3.05) is 32.5 Å². The minimum absolute atomic E-state index is 0.406. The van der Waals surface area contributed by atoms with Crippen molar-refractivity contribution in [3.8, 4) is 0 Å². The van der Waals surface area contributed by atoms with E-state index in [0.29, 0.717) is 25.9 Å². The highest BCUT2D eigenvalue weighted by molar-refractivity contribution is 7.53. The molecule has 2 aliphatic rings. The highest BCUT2D eigenvalue weighted by Crippen LogP contribution is 2.47. The molecule has 0 fully saturated rings. The maximum absolute atomic E-state index is 12.4. The standard InChI is InChI=1S/C16H24N2O3P/c1-3-20-22(19,21-4-2)14-13-18-11-7-16(8-12-18)15-5-9-17-10-6-15/h5,7-11H,3-4,6,12-14H2,1-2H3/q+1. The number of hydrogen-bond acceptors (Lipinski definition) is 5. The first-order chi connectivity index (χ1) is 10.7. The molecule has 120 valence electrons. The average Bonchev–Trinajstić information content (AvgIpc) is 2.55. The van der Waals surface area contributed by atoms with Crippen LogP contribution >= 0.6 is 7.60 Å². The largest absolute Gasteiger partial charge is 0.357 e. The summed E-state index contributed by atoms with van der Waals surface area (Å²) in [6.07, 6.45) is 13.4. The van der Waals surface area contributed by atoms with E-state index in [1.165, 1.54) is 11.5 Å². The van der Waals surface area contributed by atoms with Gasteiger partial charge in [-0.2, -0.15) is 0 Å². The molecule has 0 radical (unpaired) electrons. The second kappa shape index (κ2) is 8.37. The topological polar surface area (TPSA) is 51.1 Å². The summed E-state index contributed by atoms with van der Waals surface area (Å²) in [5, 5.41) is 0. The van der Waals surface area contributed by atoms with E-state index >= 15 is 0 Å². The van der Waals surface area contributed by atoms with Gasteiger partial charge in [-0.1, -0.05) is 0 Å². The van der Waals surface area contributed by atoms with Gasteiger partial charge in [0, 0.05) is 43.6 Å². The molecule has 0 amide bonds. The van der Waals surface area contributed by atoms with Crippen LogP contribution in [0.15, 0.2) is 41.2 Å². The van der Waals surface area contributed by atoms with Gasteiger partial charge in [0.05, 0.1) is 43.6 Å². The molecule has 2 rings (SSSR count). The lowest BCUT2D eigenvalue weighted by Gasteiger charge is -2.23. The van der Waals surface area contributed by atoms with Gasteiger partial charge in [0.15, 0.2) is 0 Å². The maximum Gasteiger partial charge on any atom is 0.332 e. The predicted molar refractivity (Wildman–Crippen MR) is 90.0 cm³/mol. The molecule has 0 aromatic rings. The first kappa shape index (κ1) is 17.1. The van der Waals surface area contributed by atoms with E-state index in [4.69, 9.17) is 9.05 Å². The monoisotopic (exact) mass is 323 g/mol. The fourth-order valence-corrected chi connectivity index (χ4v) is 3.99. The Morgan fingerprint density at radius 1 is 1.36 bits per heavy atom. The fraction of sp³-hybridized carbons (Fsp3) is 0.500. The SMILES string of the molecule is CCOP(=O)(CCN1C=CC([C+]2C=CN=CC2)=CC1)OCC. The van der Waals surface area contributed by atoms with Crippen molar-refractivity contribution in [2.45, 2.75) is 20.3 Å². The zero-order valence-electron chi connectivity index (χ0n) is 13.3. The van der Waals surface area contributed by atoms with E-state index in [-0.39, 0.29) is 0 Å². The van der Waals surface area contributed by atoms with E-state index < -0.39 is 7.60 Å². The van der Waals surface area contributed by atoms with Crippen LogP contribution in [0.25, 0.3) is 0 Å². The van der Waals surface area contributed by atoms with Crippen molar-refractivity contribution in [2.24, 2.45) is 4.99 Å². The lowest BCUT2D eigenvalue weighted by atomic mass is 9.93. The summed E-state index contributed by atoms with van der Waals surface area (Å²) in [4.78, 5) is 6.20. The Morgan fingerprint density at radius 2 is 2.14 bits per heavy atom. The van der Waals surface area contributed by atoms with Crippen molar-refractivity contribution < 1.29 is 13.6 Å². The Morgan fingerprint density at radius 3 is 2.68 bits per heavy atom. The lowest BCUT2D eigenvalue weighted by molar-refractivity contribution is 0.217. The van der Waals surface area contributed by atoms with Crippen LogP contribution in [0.4, 0.5) is 0 Å². The van der Waals surface area contributed by atoms with E-state index in [1.807, 2.05) is 38.5 Å². The Labute approximate surface area is 132 Å². The van der Waals surface area contributed by atoms with Gasteiger partial charge in [0.2, 0.25) is 0 Å². The second-order valence-corrected chi connectivity index (χ2v) is 7.20. The van der Waals surface area contributed by atoms with Crippen molar-refractivity contribution in [3.63, 3.8) is 0 Å². The third-order valence-corrected chi connectivity index (χ3v) is 5.52. The van der Waals surface area contributed by atoms with Gasteiger partial charge in [0.25, 0.3) is 0 Å². The molecule has 2 heterocycles. The van der Waals surface area contributed by atoms with Gasteiger partial charge < -0.3 is 13.9 Å². The van der Waals surface area contributed by atoms with Crippen LogP contribution in [0.2, 0.25) is 0 Å². The summed E-state index contributed by atoms with van der Waals surface area (Å²) in [6.45, 7) is 5.94. The molecule has 2 aliphatic heterocycles. The molecule has 0 saturated carbocycles. The van der Waals surface area contributed by atoms with Crippen molar-refractivity contribution in [1.82, 2.24) is 4.90 Å². The van der Waals surface area contributed by atoms with Crippen molar-refractivity contribution >= 4 is 13.8 Å². The lowest BCUT2D eigenvalue weighted by Crippen LogP contribution is -2.25. The summed E-state index contributed by atoms with van der Waals surface area (Å²) >= 11 is 0. The van der Waals surface area contributed by atoms with Crippen molar-refractivity contribution in [3.05, 3.63) is 42.1 Å². The molecule has 0 spiro atoms. The molecule has 0 aromatic carbocycles. The molecular formula is C16H24N2O3P+. The second-order valence-electron chi connectivity index (χ2n) is 5.02. The van der Waals surface area contributed by atoms with E-state index in [9.17, 15) is 4.57 Å². The Balaban J connectivity index is 1.83. The third kappa shape index (κ3) is 4.87. The molecular weight excluding hydrogens is 299 g/mol. The molecule has 0 bridgehead atoms. The van der Waals surface area contributed by atoms with Gasteiger partial charge in [-0.15, -0.1) is 0 Å². The molecule has 0 unspecified atom stereocenters. The number of rotatable bonds is 8. The molecule has 0 aromatic heterocycles. The third-order valence-electron chi connectivity index (χ3n) is 3.47. The summed E-state index contributed by atoms with van der Waals surface area (Å²) in [5.74, 6) is 1.28. The van der Waals surface area contributed by atoms with E-state index in [1.54, 1.807) is 0 Å². The number of nitrogens with zero attached hydrogens (tertiary/aromatic N) is 2. The van der Waals surface area contributed by atoms with Crippen LogP contribution in [-0.2, 0) is 13.6 Å². The molecule has 6 heteroatoms. The van der Waals surface area contributed by atoms with Gasteiger partial charge >= 0.3 is 7.60 Å². The molecule has 0 N–H and O–H groups in total. The Bertz CT molecular complexity index is 515. The molecule has 5 nitrogen and oxygen atoms in total. The smallest absolute Gasteiger partial charge is 0.332 e. The zero-order chi connectivity index (χ0) is 15.8. The van der Waals surface area contributed by atoms with Crippen LogP contribution in [0.5, 0.6) is 0 Å². The van der Waals surface area contributed by atoms with Crippen LogP contribution < -0.4 is 0 Å². The molecule has 0 aliphatic carbocycles. The summed E-state index contributed by atoms with van der Waals surface area (Å²) in [6, 6.07) is 0. The van der Waals surface area contributed by atoms with E-state index in [0.717, 1.165) is 13.0 Å². The predicted octanol–water partition coefficient (Wildman–Crippen LogP) is 3.57. The quantitative estimate of drug-likeness (QED) is 0.506. The highest BCUT2D eigenvalue weighted by atomic mass is 31.2. The van der Waals surface area contributed by atoms with Gasteiger partial charge in [-0.25, -0.2) is 4.99 Å². The minimum Gasteiger partial charge on any atom is -0.357 e. The highest BCUT2D eigenvalue weighted by Gasteiger charge is 2.25. The minimum atomic E-state index is -2.96. The zero-order valence-corrected chi connectivity index (χ0v) is 14.2. The fourth-order valence-electron chi connectivity index (χ4n) is 2.37. The van der Waals surface area contributed by atoms with Gasteiger partial charge in [-0.3, -0.25) is 4.57 Å². The Hall–Kier alpha value is -1.29. The normalized spacial score (nSPS) is 18.0. The molecule has 0 saturated heterocycles. The van der Waals surface area contributed by atoms with Gasteiger partial charge in [-0.05, 0) is 13.8 Å². The first-order valence-corrected chi connectivity index (χ1v) is 9.44. The summed E-state index contributed by atoms with van der Waals surface area (Å²) < 4.78 is 23.1. The number of hydrogen-bond donors (Lipinski definition) is 0. The first-order valence-electron chi connectivity index (χ1n) is 7.72. The van der Waals surface area contributed by atoms with Crippen molar-refractivity contribution in [1.29, 1.82) is 0 Å². The summed E-state index contributed by atoms with van der Waals surface area (Å²) in [7, 11) is -2.96. The van der Waals surface area contributed by atoms with Crippen LogP contribution in [0.1, 0.15) is 20.3 Å².